The van der Waals surface area contributed by atoms with E-state index < -0.39 is 5.69 Å². The van der Waals surface area contributed by atoms with Crippen LogP contribution >= 0.6 is 0 Å². The van der Waals surface area contributed by atoms with Gasteiger partial charge in [0, 0.05) is 12.3 Å². The van der Waals surface area contributed by atoms with Crippen LogP contribution < -0.4 is 11.2 Å². The number of nitrogens with one attached hydrogen (secondary N) is 3. The molecule has 3 aromatic rings. The summed E-state index contributed by atoms with van der Waals surface area (Å²) < 4.78 is 0. The number of aromatic amines is 3. The summed E-state index contributed by atoms with van der Waals surface area (Å²) in [6, 6.07) is 1.24. The van der Waals surface area contributed by atoms with E-state index in [1.807, 2.05) is 4.98 Å². The third-order valence-electron chi connectivity index (χ3n) is 1.91. The molecule has 0 saturated carbocycles. The Kier molecular flexibility index (Phi) is 3.14. The highest BCUT2D eigenvalue weighted by molar-refractivity contribution is 5.78. The van der Waals surface area contributed by atoms with Crippen molar-refractivity contribution in [2.24, 2.45) is 0 Å². The SMILES string of the molecule is O=c1cc[nH]c(=O)[nH]1.Oc1ncnc2[nH]ncc12. The normalized spacial score (nSPS) is 9.78. The van der Waals surface area contributed by atoms with E-state index in [1.54, 1.807) is 0 Å². The molecule has 0 aromatic carbocycles. The molecule has 0 aliphatic heterocycles. The molecule has 0 unspecified atom stereocenters. The first-order chi connectivity index (χ1) is 8.66. The Labute approximate surface area is 98.6 Å². The van der Waals surface area contributed by atoms with Gasteiger partial charge in [-0.2, -0.15) is 5.10 Å². The molecule has 0 amide bonds. The lowest BCUT2D eigenvalue weighted by molar-refractivity contribution is 0.459. The number of nitrogens with zero attached hydrogens (tertiary/aromatic N) is 3. The highest BCUT2D eigenvalue weighted by Crippen LogP contribution is 2.15. The van der Waals surface area contributed by atoms with E-state index in [-0.39, 0.29) is 11.4 Å². The van der Waals surface area contributed by atoms with Crippen molar-refractivity contribution in [3.63, 3.8) is 0 Å². The molecule has 0 bridgehead atoms. The molecule has 0 aliphatic rings. The summed E-state index contributed by atoms with van der Waals surface area (Å²) >= 11 is 0. The van der Waals surface area contributed by atoms with Gasteiger partial charge in [0.05, 0.1) is 6.20 Å². The molecule has 0 aliphatic carbocycles. The van der Waals surface area contributed by atoms with E-state index in [2.05, 4.69) is 25.1 Å². The monoisotopic (exact) mass is 248 g/mol. The van der Waals surface area contributed by atoms with Crippen molar-refractivity contribution in [1.82, 2.24) is 30.1 Å². The van der Waals surface area contributed by atoms with Crippen LogP contribution in [0.1, 0.15) is 0 Å². The van der Waals surface area contributed by atoms with Crippen LogP contribution in [-0.4, -0.2) is 35.2 Å². The Morgan fingerprint density at radius 2 is 2.06 bits per heavy atom. The van der Waals surface area contributed by atoms with Crippen LogP contribution in [-0.2, 0) is 0 Å². The van der Waals surface area contributed by atoms with Crippen LogP contribution in [0.2, 0.25) is 0 Å². The number of H-pyrrole nitrogens is 3. The van der Waals surface area contributed by atoms with Crippen LogP contribution in [0.15, 0.2) is 34.4 Å². The first-order valence-electron chi connectivity index (χ1n) is 4.78. The third-order valence-corrected chi connectivity index (χ3v) is 1.91. The summed E-state index contributed by atoms with van der Waals surface area (Å²) in [4.78, 5) is 32.0. The van der Waals surface area contributed by atoms with Gasteiger partial charge >= 0.3 is 5.69 Å². The van der Waals surface area contributed by atoms with E-state index in [0.717, 1.165) is 0 Å². The summed E-state index contributed by atoms with van der Waals surface area (Å²) in [5.41, 5.74) is -0.307. The molecule has 0 saturated heterocycles. The third kappa shape index (κ3) is 2.58. The molecule has 9 nitrogen and oxygen atoms in total. The number of aromatic hydroxyl groups is 1. The Balaban J connectivity index is 0.000000138. The molecule has 0 radical (unpaired) electrons. The lowest BCUT2D eigenvalue weighted by Crippen LogP contribution is -2.19. The summed E-state index contributed by atoms with van der Waals surface area (Å²) in [6.45, 7) is 0. The van der Waals surface area contributed by atoms with Crippen molar-refractivity contribution in [1.29, 1.82) is 0 Å². The predicted molar refractivity (Wildman–Crippen MR) is 61.0 cm³/mol. The lowest BCUT2D eigenvalue weighted by atomic mass is 10.4. The van der Waals surface area contributed by atoms with Crippen molar-refractivity contribution in [2.75, 3.05) is 0 Å². The number of fused-ring (bicyclic) bond motifs is 1. The van der Waals surface area contributed by atoms with Crippen molar-refractivity contribution in [3.8, 4) is 5.88 Å². The quantitative estimate of drug-likeness (QED) is 0.407. The van der Waals surface area contributed by atoms with Gasteiger partial charge in [-0.1, -0.05) is 0 Å². The number of hydrogen-bond donors (Lipinski definition) is 4. The van der Waals surface area contributed by atoms with Gasteiger partial charge in [0.15, 0.2) is 5.65 Å². The van der Waals surface area contributed by atoms with E-state index in [4.69, 9.17) is 5.11 Å². The Bertz CT molecular complexity index is 733. The fraction of sp³-hybridized carbons (Fsp3) is 0. The molecule has 0 atom stereocenters. The van der Waals surface area contributed by atoms with Gasteiger partial charge in [-0.3, -0.25) is 14.9 Å². The zero-order chi connectivity index (χ0) is 13.0. The second-order valence-electron chi connectivity index (χ2n) is 3.13. The molecular formula is C9H8N6O3. The maximum atomic E-state index is 10.2. The largest absolute Gasteiger partial charge is 0.493 e. The Hall–Kier alpha value is -2.97. The first kappa shape index (κ1) is 11.5. The number of aromatic nitrogens is 6. The second kappa shape index (κ2) is 4.91. The molecule has 3 rings (SSSR count). The molecule has 92 valence electrons. The molecule has 0 fully saturated rings. The van der Waals surface area contributed by atoms with Crippen LogP contribution in [0.3, 0.4) is 0 Å². The van der Waals surface area contributed by atoms with Gasteiger partial charge in [0.25, 0.3) is 5.56 Å². The average Bonchev–Trinajstić information content (AvgIpc) is 2.79. The molecule has 3 aromatic heterocycles. The fourth-order valence-corrected chi connectivity index (χ4v) is 1.13. The van der Waals surface area contributed by atoms with Crippen LogP contribution in [0.25, 0.3) is 11.0 Å². The molecule has 3 heterocycles. The van der Waals surface area contributed by atoms with Crippen LogP contribution in [0, 0.1) is 0 Å². The van der Waals surface area contributed by atoms with Gasteiger partial charge in [0.2, 0.25) is 5.88 Å². The smallest absolute Gasteiger partial charge is 0.325 e. The Morgan fingerprint density at radius 3 is 2.67 bits per heavy atom. The van der Waals surface area contributed by atoms with Crippen molar-refractivity contribution in [2.45, 2.75) is 0 Å². The van der Waals surface area contributed by atoms with Gasteiger partial charge in [0.1, 0.15) is 11.7 Å². The van der Waals surface area contributed by atoms with Gasteiger partial charge in [-0.15, -0.1) is 0 Å². The summed E-state index contributed by atoms with van der Waals surface area (Å²) in [5.74, 6) is -0.0428. The van der Waals surface area contributed by atoms with Gasteiger partial charge in [-0.25, -0.2) is 14.8 Å². The zero-order valence-electron chi connectivity index (χ0n) is 8.91. The molecule has 18 heavy (non-hydrogen) atoms. The maximum Gasteiger partial charge on any atom is 0.325 e. The minimum Gasteiger partial charge on any atom is -0.493 e. The highest BCUT2D eigenvalue weighted by atomic mass is 16.3. The molecule has 9 heteroatoms. The summed E-state index contributed by atoms with van der Waals surface area (Å²) in [6.07, 6.45) is 4.04. The van der Waals surface area contributed by atoms with Crippen molar-refractivity contribution >= 4 is 11.0 Å². The standard InChI is InChI=1S/C5H4N4O.C4H4N2O2/c10-5-3-1-8-9-4(3)6-2-7-5;7-3-1-2-5-4(8)6-3/h1-2H,(H2,6,7,8,9,10);1-2H,(H2,5,6,7,8). The highest BCUT2D eigenvalue weighted by Gasteiger charge is 2.00. The first-order valence-corrected chi connectivity index (χ1v) is 4.78. The predicted octanol–water partition coefficient (Wildman–Crippen LogP) is -0.878. The van der Waals surface area contributed by atoms with E-state index >= 15 is 0 Å². The van der Waals surface area contributed by atoms with Gasteiger partial charge in [-0.05, 0) is 0 Å². The van der Waals surface area contributed by atoms with Crippen molar-refractivity contribution < 1.29 is 5.11 Å². The number of hydrogen-bond acceptors (Lipinski definition) is 6. The maximum absolute atomic E-state index is 10.2. The van der Waals surface area contributed by atoms with Crippen molar-refractivity contribution in [3.05, 3.63) is 45.6 Å². The zero-order valence-corrected chi connectivity index (χ0v) is 8.91. The minimum atomic E-state index is -0.475. The summed E-state index contributed by atoms with van der Waals surface area (Å²) in [5, 5.41) is 15.9. The second-order valence-corrected chi connectivity index (χ2v) is 3.13. The summed E-state index contributed by atoms with van der Waals surface area (Å²) in [7, 11) is 0. The van der Waals surface area contributed by atoms with E-state index in [0.29, 0.717) is 11.0 Å². The fourth-order valence-electron chi connectivity index (χ4n) is 1.13. The minimum absolute atomic E-state index is 0.0428. The van der Waals surface area contributed by atoms with Gasteiger partial charge < -0.3 is 10.1 Å². The number of rotatable bonds is 0. The van der Waals surface area contributed by atoms with E-state index in [1.165, 1.54) is 24.8 Å². The van der Waals surface area contributed by atoms with E-state index in [9.17, 15) is 9.59 Å². The molecule has 4 N–H and O–H groups in total. The molecular weight excluding hydrogens is 240 g/mol. The molecule has 0 spiro atoms. The lowest BCUT2D eigenvalue weighted by Gasteiger charge is -1.87. The van der Waals surface area contributed by atoms with Crippen LogP contribution in [0.5, 0.6) is 5.88 Å². The Morgan fingerprint density at radius 1 is 1.22 bits per heavy atom. The topological polar surface area (TPSA) is 140 Å². The van der Waals surface area contributed by atoms with Crippen LogP contribution in [0.4, 0.5) is 0 Å². The average molecular weight is 248 g/mol.